The van der Waals surface area contributed by atoms with Gasteiger partial charge in [0.1, 0.15) is 17.5 Å². The van der Waals surface area contributed by atoms with Crippen LogP contribution in [0.1, 0.15) is 5.82 Å². The Labute approximate surface area is 102 Å². The first kappa shape index (κ1) is 11.6. The van der Waals surface area contributed by atoms with Gasteiger partial charge in [0, 0.05) is 12.4 Å². The number of hydrogen-bond donors (Lipinski definition) is 0. The average Bonchev–Trinajstić information content (AvgIpc) is 2.86. The van der Waals surface area contributed by atoms with Gasteiger partial charge in [-0.3, -0.25) is 14.7 Å². The lowest BCUT2D eigenvalue weighted by Gasteiger charge is -2.06. The van der Waals surface area contributed by atoms with Crippen molar-refractivity contribution in [1.29, 1.82) is 5.26 Å². The fourth-order valence-electron chi connectivity index (χ4n) is 1.56. The Morgan fingerprint density at radius 1 is 1.56 bits per heavy atom. The molecule has 0 N–H and O–H groups in total. The lowest BCUT2D eigenvalue weighted by Crippen LogP contribution is -2.02. The van der Waals surface area contributed by atoms with Crippen molar-refractivity contribution in [1.82, 2.24) is 9.55 Å². The van der Waals surface area contributed by atoms with E-state index in [9.17, 15) is 10.1 Å². The monoisotopic (exact) mass is 244 g/mol. The van der Waals surface area contributed by atoms with Crippen LogP contribution < -0.4 is 4.74 Å². The summed E-state index contributed by atoms with van der Waals surface area (Å²) in [7, 11) is 1.43. The highest BCUT2D eigenvalue weighted by Crippen LogP contribution is 2.28. The van der Waals surface area contributed by atoms with E-state index in [1.807, 2.05) is 6.07 Å². The first-order valence-electron chi connectivity index (χ1n) is 4.93. The van der Waals surface area contributed by atoms with Crippen molar-refractivity contribution in [2.45, 2.75) is 0 Å². The zero-order valence-electron chi connectivity index (χ0n) is 9.40. The number of nitro groups is 1. The zero-order valence-corrected chi connectivity index (χ0v) is 9.40. The second-order valence-corrected chi connectivity index (χ2v) is 3.34. The molecule has 0 unspecified atom stereocenters. The molecule has 0 amide bonds. The van der Waals surface area contributed by atoms with E-state index < -0.39 is 4.92 Å². The quantitative estimate of drug-likeness (QED) is 0.604. The highest BCUT2D eigenvalue weighted by atomic mass is 16.6. The molecule has 1 heterocycles. The summed E-state index contributed by atoms with van der Waals surface area (Å²) >= 11 is 0. The predicted octanol–water partition coefficient (Wildman–Crippen LogP) is 1.66. The van der Waals surface area contributed by atoms with Gasteiger partial charge in [-0.1, -0.05) is 0 Å². The fourth-order valence-corrected chi connectivity index (χ4v) is 1.56. The molecule has 0 bridgehead atoms. The summed E-state index contributed by atoms with van der Waals surface area (Å²) in [5.74, 6) is 0.465. The van der Waals surface area contributed by atoms with Crippen LogP contribution >= 0.6 is 0 Å². The van der Waals surface area contributed by atoms with Gasteiger partial charge in [-0.25, -0.2) is 4.98 Å². The molecule has 7 heteroatoms. The number of imidazole rings is 1. The Bertz CT molecular complexity index is 642. The summed E-state index contributed by atoms with van der Waals surface area (Å²) in [5, 5.41) is 19.9. The average molecular weight is 244 g/mol. The molecule has 2 aromatic rings. The highest BCUT2D eigenvalue weighted by molar-refractivity contribution is 5.57. The minimum atomic E-state index is -0.529. The van der Waals surface area contributed by atoms with Gasteiger partial charge in [0.25, 0.3) is 5.69 Å². The van der Waals surface area contributed by atoms with Gasteiger partial charge < -0.3 is 4.74 Å². The molecule has 0 fully saturated rings. The van der Waals surface area contributed by atoms with E-state index in [-0.39, 0.29) is 17.2 Å². The smallest absolute Gasteiger partial charge is 0.296 e. The predicted molar refractivity (Wildman–Crippen MR) is 61.5 cm³/mol. The maximum Gasteiger partial charge on any atom is 0.296 e. The van der Waals surface area contributed by atoms with E-state index in [1.54, 1.807) is 6.07 Å². The molecule has 90 valence electrons. The molecule has 0 spiro atoms. The van der Waals surface area contributed by atoms with Crippen LogP contribution in [0.4, 0.5) is 5.69 Å². The molecule has 2 rings (SSSR count). The third kappa shape index (κ3) is 1.87. The van der Waals surface area contributed by atoms with Crippen LogP contribution in [0.15, 0.2) is 30.6 Å². The molecule has 0 atom stereocenters. The Kier molecular flexibility index (Phi) is 2.93. The number of methoxy groups -OCH3 is 1. The summed E-state index contributed by atoms with van der Waals surface area (Å²) in [6.07, 6.45) is 2.90. The van der Waals surface area contributed by atoms with E-state index in [1.165, 1.54) is 36.2 Å². The van der Waals surface area contributed by atoms with Crippen LogP contribution in [0.2, 0.25) is 0 Å². The summed E-state index contributed by atoms with van der Waals surface area (Å²) in [6.45, 7) is 0. The lowest BCUT2D eigenvalue weighted by atomic mass is 10.2. The molecule has 0 aliphatic rings. The van der Waals surface area contributed by atoms with Crippen LogP contribution in [0, 0.1) is 21.4 Å². The van der Waals surface area contributed by atoms with Crippen molar-refractivity contribution in [3.8, 4) is 17.5 Å². The first-order chi connectivity index (χ1) is 8.67. The number of nitrogens with zero attached hydrogens (tertiary/aromatic N) is 4. The number of benzene rings is 1. The number of aromatic nitrogens is 2. The second kappa shape index (κ2) is 4.55. The third-order valence-corrected chi connectivity index (χ3v) is 2.38. The normalized spacial score (nSPS) is 9.78. The van der Waals surface area contributed by atoms with Gasteiger partial charge in [0.05, 0.1) is 18.1 Å². The Hall–Kier alpha value is -2.88. The van der Waals surface area contributed by atoms with Gasteiger partial charge in [0.15, 0.2) is 0 Å². The van der Waals surface area contributed by atoms with Crippen LogP contribution in [0.25, 0.3) is 5.69 Å². The standard InChI is InChI=1S/C11H8N4O3/c1-18-8-2-3-9(10(6-8)15(16)17)14-5-4-13-11(14)7-12/h2-6H,1H3. The molecule has 18 heavy (non-hydrogen) atoms. The Balaban J connectivity index is 2.65. The highest BCUT2D eigenvalue weighted by Gasteiger charge is 2.18. The van der Waals surface area contributed by atoms with Gasteiger partial charge in [0.2, 0.25) is 5.82 Å². The number of nitriles is 1. The molecule has 1 aromatic carbocycles. The van der Waals surface area contributed by atoms with E-state index in [0.717, 1.165) is 0 Å². The van der Waals surface area contributed by atoms with Crippen molar-refractivity contribution in [2.75, 3.05) is 7.11 Å². The number of hydrogen-bond acceptors (Lipinski definition) is 5. The number of rotatable bonds is 3. The van der Waals surface area contributed by atoms with Crippen LogP contribution in [-0.4, -0.2) is 21.6 Å². The Morgan fingerprint density at radius 3 is 2.94 bits per heavy atom. The summed E-state index contributed by atoms with van der Waals surface area (Å²) < 4.78 is 6.30. The van der Waals surface area contributed by atoms with Gasteiger partial charge in [-0.2, -0.15) is 5.26 Å². The molecular weight excluding hydrogens is 236 g/mol. The first-order valence-corrected chi connectivity index (χ1v) is 4.93. The van der Waals surface area contributed by atoms with Crippen molar-refractivity contribution in [3.63, 3.8) is 0 Å². The van der Waals surface area contributed by atoms with Gasteiger partial charge in [-0.15, -0.1) is 0 Å². The SMILES string of the molecule is COc1ccc(-n2ccnc2C#N)c([N+](=O)[O-])c1. The third-order valence-electron chi connectivity index (χ3n) is 2.38. The molecule has 7 nitrogen and oxygen atoms in total. The summed E-state index contributed by atoms with van der Waals surface area (Å²) in [6, 6.07) is 6.27. The molecule has 0 saturated carbocycles. The van der Waals surface area contributed by atoms with Gasteiger partial charge >= 0.3 is 0 Å². The minimum Gasteiger partial charge on any atom is -0.496 e. The van der Waals surface area contributed by atoms with E-state index >= 15 is 0 Å². The summed E-state index contributed by atoms with van der Waals surface area (Å²) in [4.78, 5) is 14.3. The van der Waals surface area contributed by atoms with Gasteiger partial charge in [-0.05, 0) is 12.1 Å². The largest absolute Gasteiger partial charge is 0.496 e. The second-order valence-electron chi connectivity index (χ2n) is 3.34. The van der Waals surface area contributed by atoms with Crippen molar-refractivity contribution in [3.05, 3.63) is 46.5 Å². The van der Waals surface area contributed by atoms with Crippen LogP contribution in [0.5, 0.6) is 5.75 Å². The molecule has 0 aliphatic carbocycles. The number of ether oxygens (including phenoxy) is 1. The lowest BCUT2D eigenvalue weighted by molar-refractivity contribution is -0.384. The molecular formula is C11H8N4O3. The van der Waals surface area contributed by atoms with E-state index in [2.05, 4.69) is 4.98 Å². The molecule has 0 aliphatic heterocycles. The van der Waals surface area contributed by atoms with Crippen molar-refractivity contribution in [2.24, 2.45) is 0 Å². The fraction of sp³-hybridized carbons (Fsp3) is 0.0909. The van der Waals surface area contributed by atoms with E-state index in [0.29, 0.717) is 5.75 Å². The number of nitro benzene ring substituents is 1. The zero-order chi connectivity index (χ0) is 13.1. The Morgan fingerprint density at radius 2 is 2.33 bits per heavy atom. The molecule has 1 aromatic heterocycles. The van der Waals surface area contributed by atoms with Crippen molar-refractivity contribution >= 4 is 5.69 Å². The molecule has 0 saturated heterocycles. The van der Waals surface area contributed by atoms with Crippen molar-refractivity contribution < 1.29 is 9.66 Å². The maximum atomic E-state index is 11.0. The summed E-state index contributed by atoms with van der Waals surface area (Å²) in [5.41, 5.74) is 0.124. The molecule has 0 radical (unpaired) electrons. The van der Waals surface area contributed by atoms with E-state index in [4.69, 9.17) is 10.00 Å². The van der Waals surface area contributed by atoms with Crippen LogP contribution in [-0.2, 0) is 0 Å². The van der Waals surface area contributed by atoms with Crippen LogP contribution in [0.3, 0.4) is 0 Å². The maximum absolute atomic E-state index is 11.0. The topological polar surface area (TPSA) is 94.0 Å². The minimum absolute atomic E-state index is 0.0864.